The van der Waals surface area contributed by atoms with Gasteiger partial charge in [-0.25, -0.2) is 0 Å². The predicted molar refractivity (Wildman–Crippen MR) is 35.2 cm³/mol. The maximum absolute atomic E-state index is 8.73. The molecule has 1 heterocycles. The van der Waals surface area contributed by atoms with E-state index in [1.54, 1.807) is 0 Å². The van der Waals surface area contributed by atoms with E-state index in [-0.39, 0.29) is 12.7 Å². The second kappa shape index (κ2) is 2.67. The van der Waals surface area contributed by atoms with Crippen LogP contribution in [0.1, 0.15) is 13.8 Å². The molecule has 0 bridgehead atoms. The molecule has 1 aliphatic heterocycles. The van der Waals surface area contributed by atoms with Crippen molar-refractivity contribution in [2.24, 2.45) is 11.8 Å². The van der Waals surface area contributed by atoms with Crippen molar-refractivity contribution in [3.8, 4) is 0 Å². The molecule has 0 saturated carbocycles. The van der Waals surface area contributed by atoms with E-state index < -0.39 is 0 Å². The molecule has 9 heavy (non-hydrogen) atoms. The van der Waals surface area contributed by atoms with Crippen LogP contribution in [-0.2, 0) is 4.74 Å². The Labute approximate surface area is 55.8 Å². The van der Waals surface area contributed by atoms with Crippen LogP contribution < -0.4 is 0 Å². The molecule has 1 rings (SSSR count). The van der Waals surface area contributed by atoms with Crippen molar-refractivity contribution in [3.05, 3.63) is 0 Å². The molecule has 3 atom stereocenters. The predicted octanol–water partition coefficient (Wildman–Crippen LogP) is 0.650. The number of hydrogen-bond acceptors (Lipinski definition) is 2. The van der Waals surface area contributed by atoms with Crippen LogP contribution in [0, 0.1) is 11.8 Å². The van der Waals surface area contributed by atoms with E-state index in [0.29, 0.717) is 11.8 Å². The summed E-state index contributed by atoms with van der Waals surface area (Å²) in [6, 6.07) is 0. The Balaban J connectivity index is 2.41. The van der Waals surface area contributed by atoms with Gasteiger partial charge in [-0.2, -0.15) is 0 Å². The van der Waals surface area contributed by atoms with Crippen molar-refractivity contribution < 1.29 is 9.84 Å². The first-order valence-electron chi connectivity index (χ1n) is 3.48. The van der Waals surface area contributed by atoms with E-state index >= 15 is 0 Å². The van der Waals surface area contributed by atoms with Gasteiger partial charge in [0, 0.05) is 6.61 Å². The molecule has 1 saturated heterocycles. The number of ether oxygens (including phenoxy) is 1. The molecule has 2 nitrogen and oxygen atoms in total. The van der Waals surface area contributed by atoms with E-state index in [1.807, 2.05) is 0 Å². The van der Waals surface area contributed by atoms with E-state index in [9.17, 15) is 0 Å². The van der Waals surface area contributed by atoms with Crippen LogP contribution in [0.15, 0.2) is 0 Å². The summed E-state index contributed by atoms with van der Waals surface area (Å²) in [6.45, 7) is 5.26. The molecule has 0 aromatic rings. The first kappa shape index (κ1) is 7.03. The van der Waals surface area contributed by atoms with Crippen LogP contribution in [0.5, 0.6) is 0 Å². The Morgan fingerprint density at radius 1 is 1.56 bits per heavy atom. The standard InChI is InChI=1S/C7H14O2/c1-5-4-9-7(3-8)6(5)2/h5-8H,3-4H2,1-2H3/t5-,6-,7-/m1/s1. The summed E-state index contributed by atoms with van der Waals surface area (Å²) in [6.07, 6.45) is 0.0972. The fourth-order valence-corrected chi connectivity index (χ4v) is 1.16. The van der Waals surface area contributed by atoms with Gasteiger partial charge >= 0.3 is 0 Å². The fraction of sp³-hybridized carbons (Fsp3) is 1.00. The molecule has 0 aromatic heterocycles. The molecule has 54 valence electrons. The number of rotatable bonds is 1. The quantitative estimate of drug-likeness (QED) is 0.564. The second-order valence-electron chi connectivity index (χ2n) is 2.89. The van der Waals surface area contributed by atoms with Crippen molar-refractivity contribution in [2.45, 2.75) is 20.0 Å². The summed E-state index contributed by atoms with van der Waals surface area (Å²) < 4.78 is 5.28. The van der Waals surface area contributed by atoms with Crippen LogP contribution in [0.25, 0.3) is 0 Å². The molecule has 0 amide bonds. The zero-order chi connectivity index (χ0) is 6.85. The maximum Gasteiger partial charge on any atom is 0.0834 e. The van der Waals surface area contributed by atoms with Crippen LogP contribution in [0.4, 0.5) is 0 Å². The smallest absolute Gasteiger partial charge is 0.0834 e. The Morgan fingerprint density at radius 3 is 2.44 bits per heavy atom. The molecule has 1 fully saturated rings. The van der Waals surface area contributed by atoms with E-state index in [2.05, 4.69) is 13.8 Å². The number of hydrogen-bond donors (Lipinski definition) is 1. The highest BCUT2D eigenvalue weighted by atomic mass is 16.5. The van der Waals surface area contributed by atoms with Gasteiger partial charge in [-0.15, -0.1) is 0 Å². The zero-order valence-electron chi connectivity index (χ0n) is 6.00. The van der Waals surface area contributed by atoms with Crippen molar-refractivity contribution in [1.29, 1.82) is 0 Å². The number of aliphatic hydroxyl groups is 1. The average molecular weight is 130 g/mol. The normalized spacial score (nSPS) is 43.7. The molecule has 1 aliphatic rings. The topological polar surface area (TPSA) is 29.5 Å². The van der Waals surface area contributed by atoms with E-state index in [1.165, 1.54) is 0 Å². The Hall–Kier alpha value is -0.0800. The van der Waals surface area contributed by atoms with Crippen LogP contribution in [0.3, 0.4) is 0 Å². The lowest BCUT2D eigenvalue weighted by molar-refractivity contribution is 0.0429. The van der Waals surface area contributed by atoms with Gasteiger partial charge in [-0.1, -0.05) is 13.8 Å². The molecule has 0 aromatic carbocycles. The Morgan fingerprint density at radius 2 is 2.22 bits per heavy atom. The minimum Gasteiger partial charge on any atom is -0.394 e. The molecule has 0 radical (unpaired) electrons. The largest absolute Gasteiger partial charge is 0.394 e. The Kier molecular flexibility index (Phi) is 2.09. The van der Waals surface area contributed by atoms with Crippen molar-refractivity contribution in [2.75, 3.05) is 13.2 Å². The summed E-state index contributed by atoms with van der Waals surface area (Å²) in [7, 11) is 0. The SMILES string of the molecule is C[C@@H]1[C@H](C)CO[C@@H]1CO. The molecule has 0 aliphatic carbocycles. The third kappa shape index (κ3) is 1.25. The highest BCUT2D eigenvalue weighted by Crippen LogP contribution is 2.25. The molecule has 1 N–H and O–H groups in total. The lowest BCUT2D eigenvalue weighted by Gasteiger charge is -2.12. The van der Waals surface area contributed by atoms with Gasteiger partial charge in [-0.05, 0) is 11.8 Å². The van der Waals surface area contributed by atoms with Gasteiger partial charge in [0.25, 0.3) is 0 Å². The average Bonchev–Trinajstić information content (AvgIpc) is 2.15. The molecule has 2 heteroatoms. The fourth-order valence-electron chi connectivity index (χ4n) is 1.16. The number of aliphatic hydroxyl groups excluding tert-OH is 1. The third-order valence-corrected chi connectivity index (χ3v) is 2.24. The van der Waals surface area contributed by atoms with Gasteiger partial charge < -0.3 is 9.84 Å². The monoisotopic (exact) mass is 130 g/mol. The zero-order valence-corrected chi connectivity index (χ0v) is 6.00. The van der Waals surface area contributed by atoms with Crippen LogP contribution >= 0.6 is 0 Å². The lowest BCUT2D eigenvalue weighted by Crippen LogP contribution is -2.19. The Bertz CT molecular complexity index is 92.9. The first-order chi connectivity index (χ1) is 4.25. The summed E-state index contributed by atoms with van der Waals surface area (Å²) in [5, 5.41) is 8.73. The molecular formula is C7H14O2. The van der Waals surface area contributed by atoms with Crippen molar-refractivity contribution in [3.63, 3.8) is 0 Å². The summed E-state index contributed by atoms with van der Waals surface area (Å²) >= 11 is 0. The van der Waals surface area contributed by atoms with Gasteiger partial charge in [0.05, 0.1) is 12.7 Å². The van der Waals surface area contributed by atoms with Crippen LogP contribution in [-0.4, -0.2) is 24.4 Å². The van der Waals surface area contributed by atoms with E-state index in [4.69, 9.17) is 9.84 Å². The highest BCUT2D eigenvalue weighted by Gasteiger charge is 2.29. The van der Waals surface area contributed by atoms with Gasteiger partial charge in [0.2, 0.25) is 0 Å². The van der Waals surface area contributed by atoms with Gasteiger partial charge in [0.15, 0.2) is 0 Å². The summed E-state index contributed by atoms with van der Waals surface area (Å²) in [5.74, 6) is 1.14. The highest BCUT2D eigenvalue weighted by molar-refractivity contribution is 4.76. The summed E-state index contributed by atoms with van der Waals surface area (Å²) in [5.41, 5.74) is 0. The third-order valence-electron chi connectivity index (χ3n) is 2.24. The molecule has 0 unspecified atom stereocenters. The minimum atomic E-state index is 0.0972. The molecule has 0 spiro atoms. The van der Waals surface area contributed by atoms with E-state index in [0.717, 1.165) is 6.61 Å². The van der Waals surface area contributed by atoms with Crippen LogP contribution in [0.2, 0.25) is 0 Å². The summed E-state index contributed by atoms with van der Waals surface area (Å²) in [4.78, 5) is 0. The molecular weight excluding hydrogens is 116 g/mol. The van der Waals surface area contributed by atoms with Gasteiger partial charge in [0.1, 0.15) is 0 Å². The van der Waals surface area contributed by atoms with Crippen molar-refractivity contribution in [1.82, 2.24) is 0 Å². The van der Waals surface area contributed by atoms with Gasteiger partial charge in [-0.3, -0.25) is 0 Å². The first-order valence-corrected chi connectivity index (χ1v) is 3.48. The van der Waals surface area contributed by atoms with Crippen molar-refractivity contribution >= 4 is 0 Å². The second-order valence-corrected chi connectivity index (χ2v) is 2.89. The lowest BCUT2D eigenvalue weighted by atomic mass is 9.95. The maximum atomic E-state index is 8.73. The minimum absolute atomic E-state index is 0.0972.